The van der Waals surface area contributed by atoms with Crippen molar-refractivity contribution >= 4 is 22.4 Å². The van der Waals surface area contributed by atoms with E-state index in [1.54, 1.807) is 14.2 Å². The van der Waals surface area contributed by atoms with E-state index in [1.165, 1.54) is 0 Å². The molecule has 0 saturated carbocycles. The average molecular weight is 335 g/mol. The minimum atomic E-state index is -0.281. The highest BCUT2D eigenvalue weighted by molar-refractivity contribution is 5.97. The molecule has 1 atom stereocenters. The number of carbonyl (C=O) groups is 1. The molecule has 0 saturated heterocycles. The zero-order chi connectivity index (χ0) is 17.8. The minimum absolute atomic E-state index is 0.0719. The van der Waals surface area contributed by atoms with Crippen molar-refractivity contribution in [1.82, 2.24) is 0 Å². The molecule has 3 rings (SSSR count). The molecule has 0 heterocycles. The standard InChI is InChI=1S/C21H21NO3/c1-14(21(23)22-19-6-4-5-7-20(19)25-3)15-8-9-17-13-18(24-2)11-10-16(17)12-15/h4-14H,1-3H3,(H,22,23). The molecule has 128 valence electrons. The number of hydrogen-bond acceptors (Lipinski definition) is 3. The van der Waals surface area contributed by atoms with E-state index in [-0.39, 0.29) is 11.8 Å². The van der Waals surface area contributed by atoms with Crippen LogP contribution in [0.2, 0.25) is 0 Å². The van der Waals surface area contributed by atoms with Crippen LogP contribution in [0.3, 0.4) is 0 Å². The molecule has 3 aromatic carbocycles. The highest BCUT2D eigenvalue weighted by Gasteiger charge is 2.17. The molecule has 1 unspecified atom stereocenters. The Kier molecular flexibility index (Phi) is 4.89. The van der Waals surface area contributed by atoms with Gasteiger partial charge in [0.05, 0.1) is 25.8 Å². The third-order valence-corrected chi connectivity index (χ3v) is 4.33. The molecule has 0 spiro atoms. The first-order valence-electron chi connectivity index (χ1n) is 8.14. The maximum Gasteiger partial charge on any atom is 0.231 e. The molecule has 1 N–H and O–H groups in total. The van der Waals surface area contributed by atoms with Crippen LogP contribution in [0.4, 0.5) is 5.69 Å². The highest BCUT2D eigenvalue weighted by Crippen LogP contribution is 2.28. The van der Waals surface area contributed by atoms with Gasteiger partial charge < -0.3 is 14.8 Å². The number of nitrogens with one attached hydrogen (secondary N) is 1. The maximum atomic E-state index is 12.6. The van der Waals surface area contributed by atoms with E-state index in [9.17, 15) is 4.79 Å². The number of ether oxygens (including phenoxy) is 2. The van der Waals surface area contributed by atoms with E-state index in [0.29, 0.717) is 11.4 Å². The van der Waals surface area contributed by atoms with Gasteiger partial charge in [0.25, 0.3) is 0 Å². The zero-order valence-electron chi connectivity index (χ0n) is 14.6. The molecule has 4 nitrogen and oxygen atoms in total. The summed E-state index contributed by atoms with van der Waals surface area (Å²) in [5.74, 6) is 1.12. The lowest BCUT2D eigenvalue weighted by Gasteiger charge is -2.15. The summed E-state index contributed by atoms with van der Waals surface area (Å²) >= 11 is 0. The Morgan fingerprint density at radius 1 is 0.920 bits per heavy atom. The lowest BCUT2D eigenvalue weighted by Crippen LogP contribution is -2.19. The van der Waals surface area contributed by atoms with Gasteiger partial charge >= 0.3 is 0 Å². The van der Waals surface area contributed by atoms with Gasteiger partial charge in [0.2, 0.25) is 5.91 Å². The summed E-state index contributed by atoms with van der Waals surface area (Å²) in [4.78, 5) is 12.6. The second-order valence-corrected chi connectivity index (χ2v) is 5.88. The van der Waals surface area contributed by atoms with Gasteiger partial charge in [-0.3, -0.25) is 4.79 Å². The Morgan fingerprint density at radius 2 is 1.64 bits per heavy atom. The van der Waals surface area contributed by atoms with E-state index < -0.39 is 0 Å². The largest absolute Gasteiger partial charge is 0.497 e. The summed E-state index contributed by atoms with van der Waals surface area (Å²) in [5.41, 5.74) is 1.64. The molecule has 3 aromatic rings. The summed E-state index contributed by atoms with van der Waals surface area (Å²) in [5, 5.41) is 5.10. The first-order chi connectivity index (χ1) is 12.1. The Hall–Kier alpha value is -3.01. The Morgan fingerprint density at radius 3 is 2.40 bits per heavy atom. The predicted molar refractivity (Wildman–Crippen MR) is 101 cm³/mol. The van der Waals surface area contributed by atoms with Crippen LogP contribution in [0.1, 0.15) is 18.4 Å². The topological polar surface area (TPSA) is 47.6 Å². The zero-order valence-corrected chi connectivity index (χ0v) is 14.6. The minimum Gasteiger partial charge on any atom is -0.497 e. The molecule has 0 fully saturated rings. The van der Waals surface area contributed by atoms with Crippen LogP contribution >= 0.6 is 0 Å². The Bertz CT molecular complexity index is 905. The summed E-state index contributed by atoms with van der Waals surface area (Å²) in [7, 11) is 3.24. The van der Waals surface area contributed by atoms with E-state index in [4.69, 9.17) is 9.47 Å². The lowest BCUT2D eigenvalue weighted by molar-refractivity contribution is -0.117. The second kappa shape index (κ2) is 7.26. The lowest BCUT2D eigenvalue weighted by atomic mass is 9.97. The molecule has 4 heteroatoms. The number of methoxy groups -OCH3 is 2. The molecule has 0 radical (unpaired) electrons. The van der Waals surface area contributed by atoms with Gasteiger partial charge in [-0.2, -0.15) is 0 Å². The van der Waals surface area contributed by atoms with E-state index >= 15 is 0 Å². The van der Waals surface area contributed by atoms with Crippen molar-refractivity contribution < 1.29 is 14.3 Å². The van der Waals surface area contributed by atoms with Crippen LogP contribution < -0.4 is 14.8 Å². The normalized spacial score (nSPS) is 11.8. The van der Waals surface area contributed by atoms with E-state index in [2.05, 4.69) is 5.32 Å². The fraction of sp³-hybridized carbons (Fsp3) is 0.190. The van der Waals surface area contributed by atoms with E-state index in [1.807, 2.05) is 67.6 Å². The summed E-state index contributed by atoms with van der Waals surface area (Å²) in [6, 6.07) is 19.3. The predicted octanol–water partition coefficient (Wildman–Crippen LogP) is 4.60. The van der Waals surface area contributed by atoms with Crippen LogP contribution in [-0.4, -0.2) is 20.1 Å². The first-order valence-corrected chi connectivity index (χ1v) is 8.14. The SMILES string of the molecule is COc1ccc2cc(C(C)C(=O)Nc3ccccc3OC)ccc2c1. The number of fused-ring (bicyclic) bond motifs is 1. The van der Waals surface area contributed by atoms with Gasteiger partial charge in [-0.15, -0.1) is 0 Å². The van der Waals surface area contributed by atoms with Gasteiger partial charge in [0.15, 0.2) is 0 Å². The fourth-order valence-electron chi connectivity index (χ4n) is 2.78. The number of hydrogen-bond donors (Lipinski definition) is 1. The average Bonchev–Trinajstić information content (AvgIpc) is 2.66. The van der Waals surface area contributed by atoms with Crippen LogP contribution in [0, 0.1) is 0 Å². The van der Waals surface area contributed by atoms with Crippen LogP contribution in [-0.2, 0) is 4.79 Å². The number of amides is 1. The van der Waals surface area contributed by atoms with Crippen LogP contribution in [0.25, 0.3) is 10.8 Å². The number of carbonyl (C=O) groups excluding carboxylic acids is 1. The molecule has 0 aliphatic rings. The van der Waals surface area contributed by atoms with Gasteiger partial charge in [-0.1, -0.05) is 36.4 Å². The van der Waals surface area contributed by atoms with Crippen molar-refractivity contribution in [1.29, 1.82) is 0 Å². The maximum absolute atomic E-state index is 12.6. The molecule has 0 aliphatic carbocycles. The van der Waals surface area contributed by atoms with Gasteiger partial charge in [0, 0.05) is 0 Å². The third-order valence-electron chi connectivity index (χ3n) is 4.33. The van der Waals surface area contributed by atoms with Crippen LogP contribution in [0.5, 0.6) is 11.5 Å². The number of rotatable bonds is 5. The fourth-order valence-corrected chi connectivity index (χ4v) is 2.78. The Labute approximate surface area is 147 Å². The van der Waals surface area contributed by atoms with Gasteiger partial charge in [-0.25, -0.2) is 0 Å². The second-order valence-electron chi connectivity index (χ2n) is 5.88. The van der Waals surface area contributed by atoms with Gasteiger partial charge in [-0.05, 0) is 47.5 Å². The molecular weight excluding hydrogens is 314 g/mol. The number of benzene rings is 3. The van der Waals surface area contributed by atoms with Crippen molar-refractivity contribution in [2.45, 2.75) is 12.8 Å². The summed E-state index contributed by atoms with van der Waals surface area (Å²) in [6.07, 6.45) is 0. The highest BCUT2D eigenvalue weighted by atomic mass is 16.5. The van der Waals surface area contributed by atoms with Crippen molar-refractivity contribution in [2.24, 2.45) is 0 Å². The number of para-hydroxylation sites is 2. The van der Waals surface area contributed by atoms with Crippen molar-refractivity contribution in [3.05, 3.63) is 66.2 Å². The smallest absolute Gasteiger partial charge is 0.231 e. The molecular formula is C21H21NO3. The molecule has 0 aliphatic heterocycles. The molecule has 1 amide bonds. The molecule has 0 aromatic heterocycles. The Balaban J connectivity index is 1.83. The third kappa shape index (κ3) is 3.58. The molecule has 0 bridgehead atoms. The van der Waals surface area contributed by atoms with Crippen molar-refractivity contribution in [2.75, 3.05) is 19.5 Å². The van der Waals surface area contributed by atoms with Crippen molar-refractivity contribution in [3.63, 3.8) is 0 Å². The quantitative estimate of drug-likeness (QED) is 0.741. The molecule has 25 heavy (non-hydrogen) atoms. The first kappa shape index (κ1) is 16.8. The monoisotopic (exact) mass is 335 g/mol. The van der Waals surface area contributed by atoms with Crippen LogP contribution in [0.15, 0.2) is 60.7 Å². The summed E-state index contributed by atoms with van der Waals surface area (Å²) in [6.45, 7) is 1.90. The summed E-state index contributed by atoms with van der Waals surface area (Å²) < 4.78 is 10.5. The van der Waals surface area contributed by atoms with Gasteiger partial charge in [0.1, 0.15) is 11.5 Å². The van der Waals surface area contributed by atoms with Crippen molar-refractivity contribution in [3.8, 4) is 11.5 Å². The number of anilines is 1. The van der Waals surface area contributed by atoms with E-state index in [0.717, 1.165) is 22.1 Å².